The van der Waals surface area contributed by atoms with Crippen molar-refractivity contribution in [1.82, 2.24) is 4.90 Å². The molecule has 1 rings (SSSR count). The van der Waals surface area contributed by atoms with E-state index in [1.165, 1.54) is 32.4 Å². The van der Waals surface area contributed by atoms with Crippen molar-refractivity contribution in [1.29, 1.82) is 0 Å². The molecule has 0 aromatic rings. The lowest BCUT2D eigenvalue weighted by Gasteiger charge is -2.11. The molecule has 1 fully saturated rings. The van der Waals surface area contributed by atoms with Crippen molar-refractivity contribution in [3.63, 3.8) is 0 Å². The van der Waals surface area contributed by atoms with Crippen molar-refractivity contribution in [2.45, 2.75) is 47.0 Å². The Kier molecular flexibility index (Phi) is 7.35. The minimum Gasteiger partial charge on any atom is -0.306 e. The van der Waals surface area contributed by atoms with Gasteiger partial charge in [0.2, 0.25) is 0 Å². The molecular formula is C12H27N. The van der Waals surface area contributed by atoms with E-state index in [0.717, 1.165) is 11.8 Å². The van der Waals surface area contributed by atoms with E-state index >= 15 is 0 Å². The molecule has 1 nitrogen and oxygen atoms in total. The Labute approximate surface area is 84.5 Å². The summed E-state index contributed by atoms with van der Waals surface area (Å²) in [5.74, 6) is 1.80. The molecule has 0 aromatic carbocycles. The third-order valence-electron chi connectivity index (χ3n) is 2.24. The SMILES string of the molecule is CC(C)C.CC1CCCN(C)CC1. The van der Waals surface area contributed by atoms with Gasteiger partial charge in [0, 0.05) is 0 Å². The normalized spacial score (nSPS) is 24.9. The van der Waals surface area contributed by atoms with Crippen LogP contribution in [0.25, 0.3) is 0 Å². The standard InChI is InChI=1S/C8H17N.C4H10/c1-8-4-3-6-9(2)7-5-8;1-4(2)3/h8H,3-7H2,1-2H3;4H,1-3H3. The van der Waals surface area contributed by atoms with Crippen LogP contribution >= 0.6 is 0 Å². The van der Waals surface area contributed by atoms with Gasteiger partial charge in [-0.3, -0.25) is 0 Å². The van der Waals surface area contributed by atoms with Crippen molar-refractivity contribution in [3.8, 4) is 0 Å². The lowest BCUT2D eigenvalue weighted by molar-refractivity contribution is 0.344. The first-order valence-electron chi connectivity index (χ1n) is 5.71. The zero-order valence-corrected chi connectivity index (χ0v) is 10.1. The Bertz CT molecular complexity index is 96.9. The van der Waals surface area contributed by atoms with Crippen molar-refractivity contribution in [2.75, 3.05) is 20.1 Å². The molecule has 0 aliphatic carbocycles. The molecule has 0 bridgehead atoms. The highest BCUT2D eigenvalue weighted by molar-refractivity contribution is 4.63. The minimum absolute atomic E-state index is 0.833. The predicted octanol–water partition coefficient (Wildman–Crippen LogP) is 3.40. The molecule has 1 atom stereocenters. The molecule has 0 radical (unpaired) electrons. The van der Waals surface area contributed by atoms with Gasteiger partial charge in [0.15, 0.2) is 0 Å². The first-order chi connectivity index (χ1) is 6.02. The molecule has 0 saturated carbocycles. The van der Waals surface area contributed by atoms with Gasteiger partial charge in [-0.25, -0.2) is 0 Å². The maximum Gasteiger partial charge on any atom is -0.00192 e. The van der Waals surface area contributed by atoms with E-state index in [1.807, 2.05) is 0 Å². The molecule has 0 aromatic heterocycles. The number of nitrogens with zero attached hydrogens (tertiary/aromatic N) is 1. The van der Waals surface area contributed by atoms with Crippen molar-refractivity contribution in [2.24, 2.45) is 11.8 Å². The lowest BCUT2D eigenvalue weighted by atomic mass is 10.0. The van der Waals surface area contributed by atoms with Crippen LogP contribution in [-0.2, 0) is 0 Å². The van der Waals surface area contributed by atoms with Gasteiger partial charge in [-0.1, -0.05) is 27.7 Å². The first-order valence-corrected chi connectivity index (χ1v) is 5.71. The van der Waals surface area contributed by atoms with Gasteiger partial charge in [0.25, 0.3) is 0 Å². The van der Waals surface area contributed by atoms with Gasteiger partial charge in [0.05, 0.1) is 0 Å². The van der Waals surface area contributed by atoms with Gasteiger partial charge in [-0.15, -0.1) is 0 Å². The molecular weight excluding hydrogens is 158 g/mol. The fourth-order valence-electron chi connectivity index (χ4n) is 1.41. The lowest BCUT2D eigenvalue weighted by Crippen LogP contribution is -2.18. The smallest absolute Gasteiger partial charge is 0.00192 e. The molecule has 13 heavy (non-hydrogen) atoms. The highest BCUT2D eigenvalue weighted by atomic mass is 15.1. The summed E-state index contributed by atoms with van der Waals surface area (Å²) in [6.07, 6.45) is 4.23. The second-order valence-electron chi connectivity index (χ2n) is 5.07. The van der Waals surface area contributed by atoms with Gasteiger partial charge in [-0.2, -0.15) is 0 Å². The Morgan fingerprint density at radius 1 is 1.08 bits per heavy atom. The third-order valence-corrected chi connectivity index (χ3v) is 2.24. The van der Waals surface area contributed by atoms with Gasteiger partial charge >= 0.3 is 0 Å². The van der Waals surface area contributed by atoms with Crippen LogP contribution in [0.2, 0.25) is 0 Å². The van der Waals surface area contributed by atoms with E-state index in [4.69, 9.17) is 0 Å². The molecule has 0 spiro atoms. The van der Waals surface area contributed by atoms with Crippen LogP contribution in [0.5, 0.6) is 0 Å². The maximum absolute atomic E-state index is 2.43. The van der Waals surface area contributed by atoms with Crippen LogP contribution in [0.1, 0.15) is 47.0 Å². The number of hydrogen-bond acceptors (Lipinski definition) is 1. The molecule has 0 N–H and O–H groups in total. The summed E-state index contributed by atoms with van der Waals surface area (Å²) in [6.45, 7) is 11.5. The Morgan fingerprint density at radius 2 is 1.62 bits per heavy atom. The molecule has 1 saturated heterocycles. The van der Waals surface area contributed by atoms with Gasteiger partial charge in [-0.05, 0) is 51.2 Å². The summed E-state index contributed by atoms with van der Waals surface area (Å²) < 4.78 is 0. The fraction of sp³-hybridized carbons (Fsp3) is 1.00. The highest BCUT2D eigenvalue weighted by Crippen LogP contribution is 2.14. The maximum atomic E-state index is 2.43. The largest absolute Gasteiger partial charge is 0.306 e. The monoisotopic (exact) mass is 185 g/mol. The average Bonchev–Trinajstić information content (AvgIpc) is 2.15. The first kappa shape index (κ1) is 13.0. The molecule has 0 amide bonds. The predicted molar refractivity (Wildman–Crippen MR) is 61.0 cm³/mol. The second kappa shape index (κ2) is 7.37. The second-order valence-corrected chi connectivity index (χ2v) is 5.07. The van der Waals surface area contributed by atoms with Gasteiger partial charge in [0.1, 0.15) is 0 Å². The molecule has 1 aliphatic heterocycles. The highest BCUT2D eigenvalue weighted by Gasteiger charge is 2.09. The summed E-state index contributed by atoms with van der Waals surface area (Å²) in [6, 6.07) is 0. The van der Waals surface area contributed by atoms with Crippen LogP contribution in [-0.4, -0.2) is 25.0 Å². The summed E-state index contributed by atoms with van der Waals surface area (Å²) in [5.41, 5.74) is 0. The quantitative estimate of drug-likeness (QED) is 0.559. The topological polar surface area (TPSA) is 3.24 Å². The van der Waals surface area contributed by atoms with Crippen LogP contribution in [0.4, 0.5) is 0 Å². The number of rotatable bonds is 0. The Balaban J connectivity index is 0.000000310. The molecule has 1 heterocycles. The van der Waals surface area contributed by atoms with Crippen LogP contribution in [0.3, 0.4) is 0 Å². The van der Waals surface area contributed by atoms with Crippen molar-refractivity contribution in [3.05, 3.63) is 0 Å². The van der Waals surface area contributed by atoms with Crippen molar-refractivity contribution < 1.29 is 0 Å². The average molecular weight is 185 g/mol. The van der Waals surface area contributed by atoms with Gasteiger partial charge < -0.3 is 4.90 Å². The Hall–Kier alpha value is -0.0400. The number of hydrogen-bond donors (Lipinski definition) is 0. The summed E-state index contributed by atoms with van der Waals surface area (Å²) in [4.78, 5) is 2.43. The van der Waals surface area contributed by atoms with E-state index in [1.54, 1.807) is 0 Å². The van der Waals surface area contributed by atoms with Crippen molar-refractivity contribution >= 4 is 0 Å². The molecule has 1 aliphatic rings. The van der Waals surface area contributed by atoms with Crippen LogP contribution in [0.15, 0.2) is 0 Å². The Morgan fingerprint density at radius 3 is 2.15 bits per heavy atom. The summed E-state index contributed by atoms with van der Waals surface area (Å²) in [7, 11) is 2.22. The van der Waals surface area contributed by atoms with E-state index in [9.17, 15) is 0 Å². The fourth-order valence-corrected chi connectivity index (χ4v) is 1.41. The van der Waals surface area contributed by atoms with E-state index < -0.39 is 0 Å². The van der Waals surface area contributed by atoms with E-state index in [0.29, 0.717) is 0 Å². The number of likely N-dealkylation sites (tertiary alicyclic amines) is 1. The summed E-state index contributed by atoms with van der Waals surface area (Å²) >= 11 is 0. The molecule has 1 unspecified atom stereocenters. The van der Waals surface area contributed by atoms with Crippen LogP contribution in [0, 0.1) is 11.8 Å². The summed E-state index contributed by atoms with van der Waals surface area (Å²) in [5, 5.41) is 0. The zero-order valence-electron chi connectivity index (χ0n) is 10.1. The van der Waals surface area contributed by atoms with E-state index in [2.05, 4.69) is 39.6 Å². The molecule has 80 valence electrons. The third kappa shape index (κ3) is 9.88. The molecule has 1 heteroatoms. The zero-order chi connectivity index (χ0) is 10.3. The minimum atomic E-state index is 0.833. The van der Waals surface area contributed by atoms with E-state index in [-0.39, 0.29) is 0 Å². The van der Waals surface area contributed by atoms with Crippen LogP contribution < -0.4 is 0 Å².